The number of nitrogens with two attached hydrogens (primary N) is 1. The zero-order valence-corrected chi connectivity index (χ0v) is 14.6. The molecule has 2 aromatic rings. The van der Waals surface area contributed by atoms with E-state index in [-0.39, 0.29) is 17.7 Å². The predicted octanol–water partition coefficient (Wildman–Crippen LogP) is 2.87. The molecule has 6 heteroatoms. The molecule has 1 atom stereocenters. The number of para-hydroxylation sites is 1. The number of hydrogen-bond acceptors (Lipinski definition) is 4. The molecule has 0 bridgehead atoms. The monoisotopic (exact) mass is 341 g/mol. The smallest absolute Gasteiger partial charge is 0.255 e. The van der Waals surface area contributed by atoms with E-state index in [0.29, 0.717) is 22.7 Å². The van der Waals surface area contributed by atoms with Gasteiger partial charge in [0.05, 0.1) is 18.8 Å². The molecule has 2 rings (SSSR count). The molecule has 0 saturated heterocycles. The molecule has 0 aliphatic rings. The maximum absolute atomic E-state index is 12.4. The van der Waals surface area contributed by atoms with E-state index in [1.54, 1.807) is 30.3 Å². The van der Waals surface area contributed by atoms with Gasteiger partial charge < -0.3 is 21.1 Å². The topological polar surface area (TPSA) is 93.5 Å². The molecule has 0 aliphatic carbocycles. The van der Waals surface area contributed by atoms with E-state index in [1.165, 1.54) is 7.11 Å². The molecule has 1 unspecified atom stereocenters. The summed E-state index contributed by atoms with van der Waals surface area (Å²) in [5.41, 5.74) is 7.37. The Morgan fingerprint density at radius 1 is 1.04 bits per heavy atom. The van der Waals surface area contributed by atoms with Crippen LogP contribution in [0.5, 0.6) is 5.75 Å². The van der Waals surface area contributed by atoms with Crippen molar-refractivity contribution in [3.63, 3.8) is 0 Å². The van der Waals surface area contributed by atoms with E-state index in [2.05, 4.69) is 10.6 Å². The third-order valence-corrected chi connectivity index (χ3v) is 3.77. The molecule has 132 valence electrons. The highest BCUT2D eigenvalue weighted by molar-refractivity contribution is 6.06. The van der Waals surface area contributed by atoms with Gasteiger partial charge in [-0.3, -0.25) is 9.59 Å². The predicted molar refractivity (Wildman–Crippen MR) is 98.8 cm³/mol. The fourth-order valence-corrected chi connectivity index (χ4v) is 2.19. The lowest BCUT2D eigenvalue weighted by Gasteiger charge is -2.17. The summed E-state index contributed by atoms with van der Waals surface area (Å²) < 4.78 is 5.25. The van der Waals surface area contributed by atoms with Crippen LogP contribution < -0.4 is 21.1 Å². The molecule has 0 aromatic heterocycles. The highest BCUT2D eigenvalue weighted by Gasteiger charge is 2.19. The van der Waals surface area contributed by atoms with Crippen LogP contribution in [0.1, 0.15) is 24.2 Å². The zero-order chi connectivity index (χ0) is 18.4. The number of ether oxygens (including phenoxy) is 1. The zero-order valence-electron chi connectivity index (χ0n) is 14.6. The highest BCUT2D eigenvalue weighted by Crippen LogP contribution is 2.26. The lowest BCUT2D eigenvalue weighted by atomic mass is 10.0. The minimum atomic E-state index is -0.647. The van der Waals surface area contributed by atoms with Gasteiger partial charge in [-0.05, 0) is 36.2 Å². The van der Waals surface area contributed by atoms with Crippen LogP contribution >= 0.6 is 0 Å². The number of anilines is 2. The fraction of sp³-hybridized carbons (Fsp3) is 0.263. The molecule has 6 nitrogen and oxygen atoms in total. The van der Waals surface area contributed by atoms with Gasteiger partial charge in [0.2, 0.25) is 5.91 Å². The van der Waals surface area contributed by atoms with Crippen LogP contribution in [0.3, 0.4) is 0 Å². The first-order chi connectivity index (χ1) is 11.9. The van der Waals surface area contributed by atoms with E-state index < -0.39 is 6.04 Å². The minimum Gasteiger partial charge on any atom is -0.495 e. The van der Waals surface area contributed by atoms with Gasteiger partial charge >= 0.3 is 0 Å². The van der Waals surface area contributed by atoms with Crippen LogP contribution in [-0.2, 0) is 4.79 Å². The maximum Gasteiger partial charge on any atom is 0.255 e. The Hall–Kier alpha value is -2.86. The Bertz CT molecular complexity index is 745. The van der Waals surface area contributed by atoms with Crippen LogP contribution in [0.4, 0.5) is 11.4 Å². The van der Waals surface area contributed by atoms with Crippen molar-refractivity contribution in [2.24, 2.45) is 11.7 Å². The number of carbonyl (C=O) groups is 2. The number of carbonyl (C=O) groups excluding carboxylic acids is 2. The Balaban J connectivity index is 2.21. The molecule has 0 fully saturated rings. The summed E-state index contributed by atoms with van der Waals surface area (Å²) in [5, 5.41) is 5.53. The van der Waals surface area contributed by atoms with Crippen molar-refractivity contribution >= 4 is 23.2 Å². The molecule has 0 aliphatic heterocycles. The van der Waals surface area contributed by atoms with Crippen LogP contribution in [-0.4, -0.2) is 25.0 Å². The number of benzene rings is 2. The molecule has 2 aromatic carbocycles. The average molecular weight is 341 g/mol. The molecular formula is C19H23N3O3. The van der Waals surface area contributed by atoms with Gasteiger partial charge in [0.1, 0.15) is 5.75 Å². The minimum absolute atomic E-state index is 0.00411. The van der Waals surface area contributed by atoms with Crippen LogP contribution in [0.2, 0.25) is 0 Å². The van der Waals surface area contributed by atoms with Crippen molar-refractivity contribution in [2.45, 2.75) is 19.9 Å². The molecule has 0 heterocycles. The van der Waals surface area contributed by atoms with Gasteiger partial charge in [-0.15, -0.1) is 0 Å². The second kappa shape index (κ2) is 8.30. The van der Waals surface area contributed by atoms with Gasteiger partial charge in [-0.1, -0.05) is 32.0 Å². The summed E-state index contributed by atoms with van der Waals surface area (Å²) in [6, 6.07) is 13.3. The number of amides is 2. The SMILES string of the molecule is COc1ccc(C(=O)Nc2ccccc2)cc1NC(=O)C(N)C(C)C. The Labute approximate surface area is 147 Å². The van der Waals surface area contributed by atoms with Crippen LogP contribution in [0, 0.1) is 5.92 Å². The number of rotatable bonds is 6. The number of hydrogen-bond donors (Lipinski definition) is 3. The lowest BCUT2D eigenvalue weighted by Crippen LogP contribution is -2.39. The van der Waals surface area contributed by atoms with Crippen molar-refractivity contribution in [3.8, 4) is 5.75 Å². The molecule has 2 amide bonds. The van der Waals surface area contributed by atoms with E-state index in [1.807, 2.05) is 32.0 Å². The molecule has 0 saturated carbocycles. The molecular weight excluding hydrogens is 318 g/mol. The first-order valence-corrected chi connectivity index (χ1v) is 8.03. The third kappa shape index (κ3) is 4.81. The molecule has 25 heavy (non-hydrogen) atoms. The normalized spacial score (nSPS) is 11.7. The van der Waals surface area contributed by atoms with Gasteiger partial charge in [0.15, 0.2) is 0 Å². The van der Waals surface area contributed by atoms with Gasteiger partial charge in [-0.2, -0.15) is 0 Å². The van der Waals surface area contributed by atoms with E-state index in [9.17, 15) is 9.59 Å². The summed E-state index contributed by atoms with van der Waals surface area (Å²) in [6.07, 6.45) is 0. The summed E-state index contributed by atoms with van der Waals surface area (Å²) in [5.74, 6) is -0.150. The second-order valence-electron chi connectivity index (χ2n) is 5.99. The first kappa shape index (κ1) is 18.5. The van der Waals surface area contributed by atoms with E-state index in [0.717, 1.165) is 0 Å². The largest absolute Gasteiger partial charge is 0.495 e. The summed E-state index contributed by atoms with van der Waals surface area (Å²) in [7, 11) is 1.50. The quantitative estimate of drug-likeness (QED) is 0.753. The van der Waals surface area contributed by atoms with Crippen molar-refractivity contribution in [1.29, 1.82) is 0 Å². The van der Waals surface area contributed by atoms with Crippen LogP contribution in [0.25, 0.3) is 0 Å². The van der Waals surface area contributed by atoms with E-state index >= 15 is 0 Å². The van der Waals surface area contributed by atoms with Crippen molar-refractivity contribution < 1.29 is 14.3 Å². The number of methoxy groups -OCH3 is 1. The van der Waals surface area contributed by atoms with Gasteiger partial charge in [-0.25, -0.2) is 0 Å². The average Bonchev–Trinajstić information content (AvgIpc) is 2.61. The summed E-state index contributed by atoms with van der Waals surface area (Å²) >= 11 is 0. The molecule has 0 radical (unpaired) electrons. The second-order valence-corrected chi connectivity index (χ2v) is 5.99. The van der Waals surface area contributed by atoms with Gasteiger partial charge in [0, 0.05) is 11.3 Å². The summed E-state index contributed by atoms with van der Waals surface area (Å²) in [6.45, 7) is 3.73. The molecule has 4 N–H and O–H groups in total. The summed E-state index contributed by atoms with van der Waals surface area (Å²) in [4.78, 5) is 24.6. The Kier molecular flexibility index (Phi) is 6.14. The Morgan fingerprint density at radius 3 is 2.32 bits per heavy atom. The molecule has 0 spiro atoms. The van der Waals surface area contributed by atoms with Crippen molar-refractivity contribution in [3.05, 3.63) is 54.1 Å². The van der Waals surface area contributed by atoms with Crippen molar-refractivity contribution in [2.75, 3.05) is 17.7 Å². The van der Waals surface area contributed by atoms with E-state index in [4.69, 9.17) is 10.5 Å². The third-order valence-electron chi connectivity index (χ3n) is 3.77. The first-order valence-electron chi connectivity index (χ1n) is 8.03. The maximum atomic E-state index is 12.4. The Morgan fingerprint density at radius 2 is 1.72 bits per heavy atom. The number of nitrogens with one attached hydrogen (secondary N) is 2. The fourth-order valence-electron chi connectivity index (χ4n) is 2.19. The van der Waals surface area contributed by atoms with Gasteiger partial charge in [0.25, 0.3) is 5.91 Å². The lowest BCUT2D eigenvalue weighted by molar-refractivity contribution is -0.118. The highest BCUT2D eigenvalue weighted by atomic mass is 16.5. The standard InChI is InChI=1S/C19H23N3O3/c1-12(2)17(20)19(24)22-15-11-13(9-10-16(15)25-3)18(23)21-14-7-5-4-6-8-14/h4-12,17H,20H2,1-3H3,(H,21,23)(H,22,24). The van der Waals surface area contributed by atoms with Crippen LogP contribution in [0.15, 0.2) is 48.5 Å². The van der Waals surface area contributed by atoms with Crippen molar-refractivity contribution in [1.82, 2.24) is 0 Å².